The number of amides is 1. The lowest BCUT2D eigenvalue weighted by molar-refractivity contribution is -0.139. The molecule has 1 N–H and O–H groups in total. The third-order valence-corrected chi connectivity index (χ3v) is 6.35. The van der Waals surface area contributed by atoms with Crippen molar-refractivity contribution in [3.63, 3.8) is 0 Å². The Balaban J connectivity index is 1.90. The molecular formula is C21H38N2O3. The molecule has 150 valence electrons. The Kier molecular flexibility index (Phi) is 8.89. The topological polar surface area (TPSA) is 60.9 Å². The second kappa shape index (κ2) is 10.9. The van der Waals surface area contributed by atoms with Gasteiger partial charge in [-0.2, -0.15) is 0 Å². The van der Waals surface area contributed by atoms with Gasteiger partial charge in [-0.15, -0.1) is 0 Å². The zero-order valence-electron chi connectivity index (χ0n) is 16.8. The third-order valence-electron chi connectivity index (χ3n) is 6.35. The molecule has 0 aromatic carbocycles. The lowest BCUT2D eigenvalue weighted by Crippen LogP contribution is -2.39. The zero-order chi connectivity index (χ0) is 18.9. The summed E-state index contributed by atoms with van der Waals surface area (Å²) in [4.78, 5) is 28.2. The molecule has 0 spiro atoms. The van der Waals surface area contributed by atoms with E-state index in [1.807, 2.05) is 11.9 Å². The van der Waals surface area contributed by atoms with E-state index in [0.29, 0.717) is 5.91 Å². The summed E-state index contributed by atoms with van der Waals surface area (Å²) in [5, 5.41) is 9.01. The SMILES string of the molecule is CCCC(CC1CCCCC1)C(=O)N1CCCC(N(C)CC(=O)O)CC1. The Labute approximate surface area is 159 Å². The molecule has 0 bridgehead atoms. The maximum absolute atomic E-state index is 13.2. The van der Waals surface area contributed by atoms with Gasteiger partial charge in [-0.1, -0.05) is 45.4 Å². The molecule has 1 amide bonds. The van der Waals surface area contributed by atoms with E-state index in [9.17, 15) is 9.59 Å². The number of nitrogens with zero attached hydrogens (tertiary/aromatic N) is 2. The van der Waals surface area contributed by atoms with Gasteiger partial charge in [0.2, 0.25) is 5.91 Å². The molecule has 0 aromatic heterocycles. The van der Waals surface area contributed by atoms with Crippen LogP contribution in [0.25, 0.3) is 0 Å². The summed E-state index contributed by atoms with van der Waals surface area (Å²) in [6.07, 6.45) is 12.6. The van der Waals surface area contributed by atoms with Crippen molar-refractivity contribution >= 4 is 11.9 Å². The van der Waals surface area contributed by atoms with Crippen LogP contribution in [0.5, 0.6) is 0 Å². The van der Waals surface area contributed by atoms with E-state index < -0.39 is 5.97 Å². The van der Waals surface area contributed by atoms with E-state index in [4.69, 9.17) is 5.11 Å². The molecule has 5 nitrogen and oxygen atoms in total. The number of carboxylic acid groups (broad SMARTS) is 1. The van der Waals surface area contributed by atoms with Gasteiger partial charge in [0.1, 0.15) is 0 Å². The molecule has 1 saturated heterocycles. The molecule has 5 heteroatoms. The standard InChI is InChI=1S/C21H38N2O3/c1-3-8-18(15-17-9-5-4-6-10-17)21(26)23-13-7-11-19(12-14-23)22(2)16-20(24)25/h17-19H,3-16H2,1-2H3,(H,24,25). The smallest absolute Gasteiger partial charge is 0.317 e. The number of carbonyl (C=O) groups is 2. The van der Waals surface area contributed by atoms with Crippen molar-refractivity contribution in [3.05, 3.63) is 0 Å². The van der Waals surface area contributed by atoms with Crippen molar-refractivity contribution in [2.45, 2.75) is 83.6 Å². The highest BCUT2D eigenvalue weighted by molar-refractivity contribution is 5.78. The number of likely N-dealkylation sites (tertiary alicyclic amines) is 1. The third kappa shape index (κ3) is 6.57. The molecule has 1 heterocycles. The predicted molar refractivity (Wildman–Crippen MR) is 104 cm³/mol. The quantitative estimate of drug-likeness (QED) is 0.710. The molecule has 2 aliphatic rings. The number of hydrogen-bond donors (Lipinski definition) is 1. The maximum atomic E-state index is 13.2. The molecule has 1 aliphatic carbocycles. The van der Waals surface area contributed by atoms with Gasteiger partial charge in [-0.05, 0) is 45.1 Å². The fourth-order valence-electron chi connectivity index (χ4n) is 4.86. The second-order valence-corrected chi connectivity index (χ2v) is 8.44. The summed E-state index contributed by atoms with van der Waals surface area (Å²) >= 11 is 0. The Morgan fingerprint density at radius 1 is 1.08 bits per heavy atom. The van der Waals surface area contributed by atoms with E-state index in [-0.39, 0.29) is 18.5 Å². The Morgan fingerprint density at radius 2 is 1.81 bits per heavy atom. The minimum atomic E-state index is -0.778. The monoisotopic (exact) mass is 366 g/mol. The van der Waals surface area contributed by atoms with Crippen molar-refractivity contribution in [1.29, 1.82) is 0 Å². The molecule has 0 aromatic rings. The minimum absolute atomic E-state index is 0.0821. The summed E-state index contributed by atoms with van der Waals surface area (Å²) in [5.74, 6) is 0.515. The lowest BCUT2D eigenvalue weighted by atomic mass is 9.81. The fourth-order valence-corrected chi connectivity index (χ4v) is 4.86. The highest BCUT2D eigenvalue weighted by atomic mass is 16.4. The lowest BCUT2D eigenvalue weighted by Gasteiger charge is -2.30. The van der Waals surface area contributed by atoms with Crippen LogP contribution in [0.4, 0.5) is 0 Å². The molecular weight excluding hydrogens is 328 g/mol. The Bertz CT molecular complexity index is 449. The largest absolute Gasteiger partial charge is 0.480 e. The van der Waals surface area contributed by atoms with Gasteiger partial charge in [0, 0.05) is 25.0 Å². The van der Waals surface area contributed by atoms with Crippen LogP contribution in [-0.2, 0) is 9.59 Å². The molecule has 26 heavy (non-hydrogen) atoms. The Hall–Kier alpha value is -1.10. The normalized spacial score (nSPS) is 23.7. The number of likely N-dealkylation sites (N-methyl/N-ethyl adjacent to an activating group) is 1. The van der Waals surface area contributed by atoms with Crippen LogP contribution in [0, 0.1) is 11.8 Å². The van der Waals surface area contributed by atoms with Crippen LogP contribution in [0.3, 0.4) is 0 Å². The summed E-state index contributed by atoms with van der Waals surface area (Å²) in [7, 11) is 1.89. The first-order valence-corrected chi connectivity index (χ1v) is 10.7. The highest BCUT2D eigenvalue weighted by Gasteiger charge is 2.29. The van der Waals surface area contributed by atoms with E-state index in [1.165, 1.54) is 32.1 Å². The van der Waals surface area contributed by atoms with Gasteiger partial charge in [0.05, 0.1) is 6.54 Å². The highest BCUT2D eigenvalue weighted by Crippen LogP contribution is 2.32. The zero-order valence-corrected chi connectivity index (χ0v) is 16.8. The van der Waals surface area contributed by atoms with Crippen LogP contribution in [0.1, 0.15) is 77.6 Å². The van der Waals surface area contributed by atoms with Crippen molar-refractivity contribution in [3.8, 4) is 0 Å². The summed E-state index contributed by atoms with van der Waals surface area (Å²) in [5.41, 5.74) is 0. The number of carboxylic acids is 1. The van der Waals surface area contributed by atoms with Crippen LogP contribution in [0.15, 0.2) is 0 Å². The maximum Gasteiger partial charge on any atom is 0.317 e. The molecule has 1 saturated carbocycles. The average Bonchev–Trinajstić information content (AvgIpc) is 2.87. The van der Waals surface area contributed by atoms with Gasteiger partial charge in [-0.3, -0.25) is 14.5 Å². The first-order valence-electron chi connectivity index (χ1n) is 10.7. The van der Waals surface area contributed by atoms with Crippen molar-refractivity contribution in [2.24, 2.45) is 11.8 Å². The average molecular weight is 367 g/mol. The van der Waals surface area contributed by atoms with Gasteiger partial charge in [-0.25, -0.2) is 0 Å². The van der Waals surface area contributed by atoms with Crippen LogP contribution >= 0.6 is 0 Å². The van der Waals surface area contributed by atoms with E-state index in [2.05, 4.69) is 11.8 Å². The molecule has 0 radical (unpaired) electrons. The van der Waals surface area contributed by atoms with Gasteiger partial charge < -0.3 is 10.0 Å². The summed E-state index contributed by atoms with van der Waals surface area (Å²) in [6, 6.07) is 0.270. The predicted octanol–water partition coefficient (Wildman–Crippen LogP) is 3.77. The van der Waals surface area contributed by atoms with Gasteiger partial charge >= 0.3 is 5.97 Å². The molecule has 2 fully saturated rings. The number of carbonyl (C=O) groups excluding carboxylic acids is 1. The van der Waals surface area contributed by atoms with E-state index in [0.717, 1.165) is 57.5 Å². The van der Waals surface area contributed by atoms with Crippen molar-refractivity contribution in [2.75, 3.05) is 26.7 Å². The van der Waals surface area contributed by atoms with Gasteiger partial charge in [0.25, 0.3) is 0 Å². The van der Waals surface area contributed by atoms with Crippen LogP contribution in [0.2, 0.25) is 0 Å². The number of rotatable bonds is 8. The molecule has 2 rings (SSSR count). The van der Waals surface area contributed by atoms with Gasteiger partial charge in [0.15, 0.2) is 0 Å². The molecule has 2 unspecified atom stereocenters. The van der Waals surface area contributed by atoms with Crippen molar-refractivity contribution in [1.82, 2.24) is 9.80 Å². The van der Waals surface area contributed by atoms with E-state index in [1.54, 1.807) is 0 Å². The second-order valence-electron chi connectivity index (χ2n) is 8.44. The van der Waals surface area contributed by atoms with Crippen LogP contribution in [-0.4, -0.2) is 59.5 Å². The summed E-state index contributed by atoms with van der Waals surface area (Å²) < 4.78 is 0. The first kappa shape index (κ1) is 21.2. The summed E-state index contributed by atoms with van der Waals surface area (Å²) in [6.45, 7) is 3.87. The number of hydrogen-bond acceptors (Lipinski definition) is 3. The number of aliphatic carboxylic acids is 1. The Morgan fingerprint density at radius 3 is 2.46 bits per heavy atom. The molecule has 2 atom stereocenters. The van der Waals surface area contributed by atoms with Crippen LogP contribution < -0.4 is 0 Å². The fraction of sp³-hybridized carbons (Fsp3) is 0.905. The first-order chi connectivity index (χ1) is 12.5. The molecule has 1 aliphatic heterocycles. The minimum Gasteiger partial charge on any atom is -0.480 e. The van der Waals surface area contributed by atoms with E-state index >= 15 is 0 Å². The van der Waals surface area contributed by atoms with Crippen molar-refractivity contribution < 1.29 is 14.7 Å².